The zero-order chi connectivity index (χ0) is 29.8. The van der Waals surface area contributed by atoms with E-state index in [9.17, 15) is 31.4 Å². The highest BCUT2D eigenvalue weighted by Gasteiger charge is 2.35. The lowest BCUT2D eigenvalue weighted by Crippen LogP contribution is -2.37. The zero-order valence-corrected chi connectivity index (χ0v) is 21.8. The molecule has 0 fully saturated rings. The molecule has 10 heteroatoms. The van der Waals surface area contributed by atoms with E-state index in [2.05, 4.69) is 0 Å². The predicted octanol–water partition coefficient (Wildman–Crippen LogP) is 8.74. The van der Waals surface area contributed by atoms with Crippen LogP contribution in [0, 0.1) is 5.82 Å². The molecule has 4 aromatic rings. The lowest BCUT2D eigenvalue weighted by molar-refractivity contribution is -0.138. The van der Waals surface area contributed by atoms with Gasteiger partial charge in [-0.3, -0.25) is 0 Å². The molecule has 0 saturated carbocycles. The molecule has 2 atom stereocenters. The van der Waals surface area contributed by atoms with Gasteiger partial charge in [0.2, 0.25) is 6.23 Å². The van der Waals surface area contributed by atoms with Crippen LogP contribution in [-0.4, -0.2) is 11.7 Å². The molecule has 0 bridgehead atoms. The molecule has 0 aliphatic rings. The summed E-state index contributed by atoms with van der Waals surface area (Å²) in [7, 11) is 0. The molecular formula is C31H26F7NO2. The number of aliphatic hydroxyl groups is 1. The van der Waals surface area contributed by atoms with Crippen LogP contribution in [0.5, 0.6) is 5.75 Å². The lowest BCUT2D eigenvalue weighted by atomic mass is 10.0. The number of ether oxygens (including phenoxy) is 1. The molecule has 216 valence electrons. The van der Waals surface area contributed by atoms with Gasteiger partial charge in [0.05, 0.1) is 23.8 Å². The minimum absolute atomic E-state index is 0.121. The van der Waals surface area contributed by atoms with Crippen molar-refractivity contribution < 1.29 is 40.6 Å². The highest BCUT2D eigenvalue weighted by molar-refractivity contribution is 5.50. The van der Waals surface area contributed by atoms with E-state index in [0.717, 1.165) is 29.8 Å². The largest absolute Gasteiger partial charge is 0.466 e. The number of aliphatic hydroxyl groups excluding tert-OH is 1. The molecule has 4 rings (SSSR count). The van der Waals surface area contributed by atoms with Crippen LogP contribution in [0.25, 0.3) is 0 Å². The summed E-state index contributed by atoms with van der Waals surface area (Å²) in [4.78, 5) is 1.37. The van der Waals surface area contributed by atoms with Crippen molar-refractivity contribution in [2.75, 3.05) is 11.4 Å². The van der Waals surface area contributed by atoms with Gasteiger partial charge in [0.15, 0.2) is 0 Å². The molecule has 4 aromatic carbocycles. The minimum atomic E-state index is -4.77. The topological polar surface area (TPSA) is 32.7 Å². The first kappa shape index (κ1) is 29.9. The maximum Gasteiger partial charge on any atom is 0.416 e. The summed E-state index contributed by atoms with van der Waals surface area (Å²) in [6, 6.07) is 20.8. The van der Waals surface area contributed by atoms with Crippen molar-refractivity contribution in [2.24, 2.45) is 0 Å². The van der Waals surface area contributed by atoms with E-state index in [1.165, 1.54) is 4.90 Å². The van der Waals surface area contributed by atoms with Gasteiger partial charge in [0, 0.05) is 11.3 Å². The molecular weight excluding hydrogens is 551 g/mol. The Morgan fingerprint density at radius 3 is 2.00 bits per heavy atom. The fourth-order valence-electron chi connectivity index (χ4n) is 4.31. The van der Waals surface area contributed by atoms with Crippen molar-refractivity contribution in [1.82, 2.24) is 0 Å². The Morgan fingerprint density at radius 2 is 1.39 bits per heavy atom. The third-order valence-electron chi connectivity index (χ3n) is 6.51. The summed E-state index contributed by atoms with van der Waals surface area (Å²) in [5, 5.41) is 11.1. The predicted molar refractivity (Wildman–Crippen MR) is 141 cm³/mol. The SMILES string of the molecule is CCc1cccc(OC(c2cc(C(F)(F)F)ccc2F)N(CC(O)c2ccc(C(F)(F)F)cc2)c2ccccc2)c1. The number of anilines is 1. The number of alkyl halides is 6. The number of aryl methyl sites for hydroxylation is 1. The molecule has 0 aromatic heterocycles. The molecule has 0 heterocycles. The van der Waals surface area contributed by atoms with Crippen molar-refractivity contribution >= 4 is 5.69 Å². The Hall–Kier alpha value is -4.05. The zero-order valence-electron chi connectivity index (χ0n) is 21.8. The van der Waals surface area contributed by atoms with Crippen molar-refractivity contribution in [1.29, 1.82) is 0 Å². The highest BCUT2D eigenvalue weighted by Crippen LogP contribution is 2.37. The molecule has 1 N–H and O–H groups in total. The number of hydrogen-bond acceptors (Lipinski definition) is 3. The van der Waals surface area contributed by atoms with Crippen molar-refractivity contribution in [2.45, 2.75) is 38.0 Å². The summed E-state index contributed by atoms with van der Waals surface area (Å²) < 4.78 is 102. The van der Waals surface area contributed by atoms with Crippen LogP contribution in [-0.2, 0) is 18.8 Å². The minimum Gasteiger partial charge on any atom is -0.466 e. The van der Waals surface area contributed by atoms with Gasteiger partial charge in [-0.05, 0) is 72.1 Å². The van der Waals surface area contributed by atoms with Gasteiger partial charge in [-0.2, -0.15) is 26.3 Å². The Morgan fingerprint density at radius 1 is 0.756 bits per heavy atom. The second-order valence-corrected chi connectivity index (χ2v) is 9.33. The first-order valence-electron chi connectivity index (χ1n) is 12.7. The second kappa shape index (κ2) is 12.2. The Bertz CT molecular complexity index is 1440. The van der Waals surface area contributed by atoms with Crippen molar-refractivity contribution in [3.8, 4) is 5.75 Å². The Balaban J connectivity index is 1.82. The first-order valence-corrected chi connectivity index (χ1v) is 12.7. The standard InChI is InChI=1S/C31H26F7NO2/c1-2-20-7-6-10-25(17-20)41-29(26-18-23(31(36,37)38)15-16-27(26)32)39(24-8-4-3-5-9-24)19-28(40)21-11-13-22(14-12-21)30(33,34)35/h3-18,28-29,40H,2,19H2,1H3. The van der Waals surface area contributed by atoms with Gasteiger partial charge < -0.3 is 14.7 Å². The number of nitrogens with zero attached hydrogens (tertiary/aromatic N) is 1. The Kier molecular flexibility index (Phi) is 8.92. The number of benzene rings is 4. The molecule has 0 aliphatic carbocycles. The van der Waals surface area contributed by atoms with Crippen LogP contribution in [0.1, 0.15) is 47.1 Å². The van der Waals surface area contributed by atoms with Crippen LogP contribution in [0.4, 0.5) is 36.4 Å². The lowest BCUT2D eigenvalue weighted by Gasteiger charge is -2.36. The van der Waals surface area contributed by atoms with Gasteiger partial charge in [-0.15, -0.1) is 0 Å². The number of rotatable bonds is 9. The molecule has 3 nitrogen and oxygen atoms in total. The summed E-state index contributed by atoms with van der Waals surface area (Å²) in [6.07, 6.45) is -11.6. The average molecular weight is 578 g/mol. The summed E-state index contributed by atoms with van der Waals surface area (Å²) in [5.41, 5.74) is -1.09. The van der Waals surface area contributed by atoms with E-state index in [4.69, 9.17) is 4.74 Å². The molecule has 0 aliphatic heterocycles. The third-order valence-corrected chi connectivity index (χ3v) is 6.51. The van der Waals surface area contributed by atoms with Crippen LogP contribution >= 0.6 is 0 Å². The quantitative estimate of drug-likeness (QED) is 0.160. The number of halogens is 7. The Labute approximate surface area is 232 Å². The first-order chi connectivity index (χ1) is 19.4. The van der Waals surface area contributed by atoms with Gasteiger partial charge in [-0.1, -0.05) is 49.4 Å². The van der Waals surface area contributed by atoms with Gasteiger partial charge in [-0.25, -0.2) is 4.39 Å². The average Bonchev–Trinajstić information content (AvgIpc) is 2.94. The van der Waals surface area contributed by atoms with E-state index >= 15 is 4.39 Å². The summed E-state index contributed by atoms with van der Waals surface area (Å²) >= 11 is 0. The highest BCUT2D eigenvalue weighted by atomic mass is 19.4. The van der Waals surface area contributed by atoms with E-state index in [1.807, 2.05) is 13.0 Å². The number of para-hydroxylation sites is 1. The van der Waals surface area contributed by atoms with Gasteiger partial charge in [0.25, 0.3) is 0 Å². The van der Waals surface area contributed by atoms with Crippen molar-refractivity contribution in [3.63, 3.8) is 0 Å². The summed E-state index contributed by atoms with van der Waals surface area (Å²) in [6.45, 7) is 1.54. The monoisotopic (exact) mass is 577 g/mol. The van der Waals surface area contributed by atoms with E-state index < -0.39 is 47.2 Å². The van der Waals surface area contributed by atoms with Crippen LogP contribution in [0.3, 0.4) is 0 Å². The maximum atomic E-state index is 15.3. The summed E-state index contributed by atoms with van der Waals surface area (Å²) in [5.74, 6) is -0.726. The molecule has 0 amide bonds. The molecule has 0 radical (unpaired) electrons. The van der Waals surface area contributed by atoms with Crippen LogP contribution < -0.4 is 9.64 Å². The normalized spacial score (nSPS) is 13.5. The molecule has 2 unspecified atom stereocenters. The fraction of sp³-hybridized carbons (Fsp3) is 0.226. The molecule has 0 saturated heterocycles. The van der Waals surface area contributed by atoms with Crippen LogP contribution in [0.2, 0.25) is 0 Å². The third kappa shape index (κ3) is 7.38. The fourth-order valence-corrected chi connectivity index (χ4v) is 4.31. The van der Waals surface area contributed by atoms with E-state index in [-0.39, 0.29) is 17.9 Å². The smallest absolute Gasteiger partial charge is 0.416 e. The van der Waals surface area contributed by atoms with E-state index in [0.29, 0.717) is 30.3 Å². The molecule has 41 heavy (non-hydrogen) atoms. The number of hydrogen-bond donors (Lipinski definition) is 1. The van der Waals surface area contributed by atoms with Crippen LogP contribution in [0.15, 0.2) is 97.1 Å². The second-order valence-electron chi connectivity index (χ2n) is 9.33. The maximum absolute atomic E-state index is 15.3. The molecule has 0 spiro atoms. The van der Waals surface area contributed by atoms with Crippen molar-refractivity contribution in [3.05, 3.63) is 131 Å². The van der Waals surface area contributed by atoms with Gasteiger partial charge >= 0.3 is 12.4 Å². The van der Waals surface area contributed by atoms with E-state index in [1.54, 1.807) is 48.5 Å². The van der Waals surface area contributed by atoms with Gasteiger partial charge in [0.1, 0.15) is 11.6 Å².